The molecule has 2 aliphatic rings. The summed E-state index contributed by atoms with van der Waals surface area (Å²) in [5, 5.41) is 3.03. The number of carbonyl (C=O) groups is 2. The lowest BCUT2D eigenvalue weighted by Crippen LogP contribution is -2.48. The molecule has 7 heteroatoms. The Balaban J connectivity index is 1.53. The van der Waals surface area contributed by atoms with Gasteiger partial charge in [-0.25, -0.2) is 4.79 Å². The average molecular weight is 334 g/mol. The van der Waals surface area contributed by atoms with Gasteiger partial charge in [0.25, 0.3) is 0 Å². The van der Waals surface area contributed by atoms with E-state index in [1.165, 1.54) is 12.8 Å². The second-order valence-corrected chi connectivity index (χ2v) is 6.62. The first-order valence-corrected chi connectivity index (χ1v) is 8.74. The molecule has 3 heterocycles. The van der Waals surface area contributed by atoms with Crippen LogP contribution in [0.5, 0.6) is 0 Å². The number of nitrogens with two attached hydrogens (primary N) is 1. The highest BCUT2D eigenvalue weighted by molar-refractivity contribution is 5.78. The molecule has 24 heavy (non-hydrogen) atoms. The van der Waals surface area contributed by atoms with Crippen LogP contribution in [0.1, 0.15) is 37.5 Å². The largest absolute Gasteiger partial charge is 0.468 e. The molecule has 2 fully saturated rings. The monoisotopic (exact) mass is 334 g/mol. The van der Waals surface area contributed by atoms with Crippen molar-refractivity contribution in [3.05, 3.63) is 24.2 Å². The molecule has 0 radical (unpaired) electrons. The summed E-state index contributed by atoms with van der Waals surface area (Å²) in [4.78, 5) is 27.8. The van der Waals surface area contributed by atoms with Crippen molar-refractivity contribution in [1.29, 1.82) is 0 Å². The molecule has 0 saturated carbocycles. The van der Waals surface area contributed by atoms with Crippen LogP contribution in [0.25, 0.3) is 0 Å². The molecule has 2 saturated heterocycles. The lowest BCUT2D eigenvalue weighted by molar-refractivity contribution is -0.123. The minimum Gasteiger partial charge on any atom is -0.468 e. The first-order chi connectivity index (χ1) is 11.6. The van der Waals surface area contributed by atoms with Crippen LogP contribution in [0.4, 0.5) is 4.79 Å². The van der Waals surface area contributed by atoms with E-state index in [2.05, 4.69) is 10.2 Å². The molecule has 3 amide bonds. The maximum atomic E-state index is 12.4. The Morgan fingerprint density at radius 3 is 2.54 bits per heavy atom. The highest BCUT2D eigenvalue weighted by atomic mass is 16.3. The molecular weight excluding hydrogens is 308 g/mol. The maximum Gasteiger partial charge on any atom is 0.317 e. The zero-order valence-electron chi connectivity index (χ0n) is 13.9. The van der Waals surface area contributed by atoms with Crippen LogP contribution in [0.3, 0.4) is 0 Å². The van der Waals surface area contributed by atoms with Crippen LogP contribution < -0.4 is 11.1 Å². The predicted octanol–water partition coefficient (Wildman–Crippen LogP) is 1.32. The number of urea groups is 1. The number of primary amides is 1. The number of nitrogens with zero attached hydrogens (tertiary/aromatic N) is 2. The summed E-state index contributed by atoms with van der Waals surface area (Å²) in [6.07, 6.45) is 5.35. The van der Waals surface area contributed by atoms with Crippen LogP contribution in [0.2, 0.25) is 0 Å². The van der Waals surface area contributed by atoms with Crippen LogP contribution >= 0.6 is 0 Å². The van der Waals surface area contributed by atoms with Crippen molar-refractivity contribution in [2.75, 3.05) is 32.7 Å². The molecule has 2 aliphatic heterocycles. The standard InChI is InChI=1S/C17H26N4O3/c18-16(22)13-5-9-21(10-6-13)17(23)19-12-14(15-4-3-11-24-15)20-7-1-2-8-20/h3-4,11,13-14H,1-2,5-10,12H2,(H2,18,22)(H,19,23)/t14-/m0/s1. The van der Waals surface area contributed by atoms with E-state index in [0.717, 1.165) is 18.8 Å². The molecule has 1 aromatic rings. The molecule has 7 nitrogen and oxygen atoms in total. The molecule has 1 atom stereocenters. The van der Waals surface area contributed by atoms with Gasteiger partial charge < -0.3 is 20.4 Å². The number of nitrogens with one attached hydrogen (secondary N) is 1. The molecule has 132 valence electrons. The van der Waals surface area contributed by atoms with Gasteiger partial charge in [0.2, 0.25) is 5.91 Å². The normalized spacial score (nSPS) is 20.9. The van der Waals surface area contributed by atoms with Gasteiger partial charge in [-0.2, -0.15) is 0 Å². The molecule has 0 aromatic carbocycles. The Morgan fingerprint density at radius 1 is 1.25 bits per heavy atom. The number of carbonyl (C=O) groups excluding carboxylic acids is 2. The van der Waals surface area contributed by atoms with Gasteiger partial charge in [-0.1, -0.05) is 0 Å². The Hall–Kier alpha value is -2.02. The topological polar surface area (TPSA) is 91.8 Å². The first-order valence-electron chi connectivity index (χ1n) is 8.74. The van der Waals surface area contributed by atoms with E-state index in [1.54, 1.807) is 11.2 Å². The summed E-state index contributed by atoms with van der Waals surface area (Å²) in [6, 6.07) is 3.85. The third-order valence-corrected chi connectivity index (χ3v) is 5.08. The van der Waals surface area contributed by atoms with Gasteiger partial charge in [0.15, 0.2) is 0 Å². The summed E-state index contributed by atoms with van der Waals surface area (Å²) in [5.74, 6) is 0.529. The molecule has 0 bridgehead atoms. The highest BCUT2D eigenvalue weighted by Crippen LogP contribution is 2.25. The summed E-state index contributed by atoms with van der Waals surface area (Å²) < 4.78 is 5.57. The zero-order chi connectivity index (χ0) is 16.9. The van der Waals surface area contributed by atoms with Gasteiger partial charge in [-0.05, 0) is 50.9 Å². The number of hydrogen-bond donors (Lipinski definition) is 2. The van der Waals surface area contributed by atoms with Crippen molar-refractivity contribution in [2.45, 2.75) is 31.7 Å². The highest BCUT2D eigenvalue weighted by Gasteiger charge is 2.29. The van der Waals surface area contributed by atoms with Crippen molar-refractivity contribution < 1.29 is 14.0 Å². The Bertz CT molecular complexity index is 546. The Morgan fingerprint density at radius 2 is 1.96 bits per heavy atom. The number of furan rings is 1. The fourth-order valence-electron chi connectivity index (χ4n) is 3.61. The van der Waals surface area contributed by atoms with E-state index in [0.29, 0.717) is 32.5 Å². The molecule has 3 N–H and O–H groups in total. The van der Waals surface area contributed by atoms with Gasteiger partial charge in [-0.3, -0.25) is 9.69 Å². The number of likely N-dealkylation sites (tertiary alicyclic amines) is 2. The van der Waals surface area contributed by atoms with Gasteiger partial charge >= 0.3 is 6.03 Å². The van der Waals surface area contributed by atoms with Gasteiger partial charge in [0.1, 0.15) is 5.76 Å². The van der Waals surface area contributed by atoms with E-state index >= 15 is 0 Å². The van der Waals surface area contributed by atoms with Crippen LogP contribution in [-0.2, 0) is 4.79 Å². The third-order valence-electron chi connectivity index (χ3n) is 5.08. The SMILES string of the molecule is NC(=O)C1CCN(C(=O)NC[C@@H](c2ccco2)N2CCCC2)CC1. The Labute approximate surface area is 142 Å². The minimum atomic E-state index is -0.262. The zero-order valence-corrected chi connectivity index (χ0v) is 13.9. The van der Waals surface area contributed by atoms with E-state index in [4.69, 9.17) is 10.2 Å². The summed E-state index contributed by atoms with van der Waals surface area (Å²) in [5.41, 5.74) is 5.34. The minimum absolute atomic E-state index is 0.0753. The lowest BCUT2D eigenvalue weighted by atomic mass is 9.96. The molecule has 0 unspecified atom stereocenters. The molecule has 1 aromatic heterocycles. The van der Waals surface area contributed by atoms with Crippen molar-refractivity contribution >= 4 is 11.9 Å². The number of rotatable bonds is 5. The second kappa shape index (κ2) is 7.70. The summed E-state index contributed by atoms with van der Waals surface area (Å²) >= 11 is 0. The smallest absolute Gasteiger partial charge is 0.317 e. The molecular formula is C17H26N4O3. The van der Waals surface area contributed by atoms with E-state index in [-0.39, 0.29) is 23.9 Å². The summed E-state index contributed by atoms with van der Waals surface area (Å²) in [7, 11) is 0. The van der Waals surface area contributed by atoms with E-state index < -0.39 is 0 Å². The van der Waals surface area contributed by atoms with Crippen LogP contribution in [0, 0.1) is 5.92 Å². The van der Waals surface area contributed by atoms with Crippen LogP contribution in [0.15, 0.2) is 22.8 Å². The van der Waals surface area contributed by atoms with E-state index in [9.17, 15) is 9.59 Å². The van der Waals surface area contributed by atoms with Crippen molar-refractivity contribution in [2.24, 2.45) is 11.7 Å². The number of amides is 3. The number of hydrogen-bond acceptors (Lipinski definition) is 4. The molecule has 0 aliphatic carbocycles. The predicted molar refractivity (Wildman–Crippen MR) is 89.1 cm³/mol. The van der Waals surface area contributed by atoms with Gasteiger partial charge in [0, 0.05) is 25.6 Å². The van der Waals surface area contributed by atoms with Crippen molar-refractivity contribution in [3.63, 3.8) is 0 Å². The third kappa shape index (κ3) is 3.90. The second-order valence-electron chi connectivity index (χ2n) is 6.62. The van der Waals surface area contributed by atoms with Crippen LogP contribution in [-0.4, -0.2) is 54.5 Å². The van der Waals surface area contributed by atoms with Gasteiger partial charge in [0.05, 0.1) is 12.3 Å². The first kappa shape index (κ1) is 16.8. The quantitative estimate of drug-likeness (QED) is 0.849. The van der Waals surface area contributed by atoms with Crippen molar-refractivity contribution in [3.8, 4) is 0 Å². The Kier molecular flexibility index (Phi) is 5.40. The molecule has 3 rings (SSSR count). The summed E-state index contributed by atoms with van der Waals surface area (Å²) in [6.45, 7) is 3.75. The van der Waals surface area contributed by atoms with Crippen molar-refractivity contribution in [1.82, 2.24) is 15.1 Å². The lowest BCUT2D eigenvalue weighted by Gasteiger charge is -2.32. The fourth-order valence-corrected chi connectivity index (χ4v) is 3.61. The molecule has 0 spiro atoms. The number of piperidine rings is 1. The fraction of sp³-hybridized carbons (Fsp3) is 0.647. The average Bonchev–Trinajstić information content (AvgIpc) is 3.29. The van der Waals surface area contributed by atoms with E-state index in [1.807, 2.05) is 12.1 Å². The maximum absolute atomic E-state index is 12.4. The van der Waals surface area contributed by atoms with Gasteiger partial charge in [-0.15, -0.1) is 0 Å².